The molecule has 2 aromatic rings. The molecule has 3 nitrogen and oxygen atoms in total. The molecule has 1 fully saturated rings. The lowest BCUT2D eigenvalue weighted by atomic mass is 10.1. The van der Waals surface area contributed by atoms with Crippen molar-refractivity contribution in [1.82, 2.24) is 4.90 Å². The fourth-order valence-electron chi connectivity index (χ4n) is 2.94. The van der Waals surface area contributed by atoms with Crippen LogP contribution in [0.3, 0.4) is 0 Å². The second-order valence-corrected chi connectivity index (χ2v) is 5.98. The number of nitrogens with zero attached hydrogens (tertiary/aromatic N) is 1. The first-order valence-corrected chi connectivity index (χ1v) is 7.85. The van der Waals surface area contributed by atoms with Gasteiger partial charge in [0.05, 0.1) is 6.04 Å². The predicted molar refractivity (Wildman–Crippen MR) is 92.1 cm³/mol. The van der Waals surface area contributed by atoms with Gasteiger partial charge in [-0.05, 0) is 30.0 Å². The summed E-state index contributed by atoms with van der Waals surface area (Å²) >= 11 is 0. The average Bonchev–Trinajstić information content (AvgIpc) is 3.11. The van der Waals surface area contributed by atoms with E-state index in [1.807, 2.05) is 30.3 Å². The minimum absolute atomic E-state index is 0.0775. The number of carbonyl (C=O) groups is 1. The molecule has 0 radical (unpaired) electrons. The molecule has 118 valence electrons. The Kier molecular flexibility index (Phi) is 4.47. The molecule has 1 amide bonds. The molecule has 2 aliphatic rings. The van der Waals surface area contributed by atoms with Gasteiger partial charge in [-0.25, -0.2) is 4.79 Å². The van der Waals surface area contributed by atoms with Gasteiger partial charge in [0.25, 0.3) is 0 Å². The summed E-state index contributed by atoms with van der Waals surface area (Å²) < 4.78 is 4.92. The molecule has 1 aliphatic carbocycles. The van der Waals surface area contributed by atoms with Gasteiger partial charge in [-0.2, -0.15) is 0 Å². The van der Waals surface area contributed by atoms with Crippen LogP contribution in [0.4, 0.5) is 4.79 Å². The number of benzene rings is 2. The van der Waals surface area contributed by atoms with E-state index in [1.165, 1.54) is 16.7 Å². The van der Waals surface area contributed by atoms with Gasteiger partial charge in [0.2, 0.25) is 0 Å². The van der Waals surface area contributed by atoms with Crippen molar-refractivity contribution in [2.75, 3.05) is 13.7 Å². The third-order valence-corrected chi connectivity index (χ3v) is 4.23. The molecule has 1 unspecified atom stereocenters. The molecule has 2 aromatic carbocycles. The molecule has 0 bridgehead atoms. The van der Waals surface area contributed by atoms with E-state index in [1.54, 1.807) is 11.9 Å². The van der Waals surface area contributed by atoms with Crippen molar-refractivity contribution in [3.63, 3.8) is 0 Å². The number of ether oxygens (including phenoxy) is 1. The van der Waals surface area contributed by atoms with Crippen LogP contribution >= 0.6 is 0 Å². The SMILES string of the molecule is CC1=Cc2ccccc2C1.CN1C(=O)OCC1c1ccccc1. The molecule has 0 saturated carbocycles. The fourth-order valence-corrected chi connectivity index (χ4v) is 2.94. The average molecular weight is 307 g/mol. The highest BCUT2D eigenvalue weighted by molar-refractivity contribution is 5.70. The van der Waals surface area contributed by atoms with E-state index in [4.69, 9.17) is 4.74 Å². The molecule has 3 heteroatoms. The Morgan fingerprint density at radius 3 is 2.39 bits per heavy atom. The molecule has 1 saturated heterocycles. The van der Waals surface area contributed by atoms with Crippen molar-refractivity contribution in [1.29, 1.82) is 0 Å². The smallest absolute Gasteiger partial charge is 0.410 e. The molecule has 0 N–H and O–H groups in total. The summed E-state index contributed by atoms with van der Waals surface area (Å²) in [4.78, 5) is 12.7. The second-order valence-electron chi connectivity index (χ2n) is 5.98. The Morgan fingerprint density at radius 2 is 1.74 bits per heavy atom. The molecular formula is C20H21NO2. The number of hydrogen-bond acceptors (Lipinski definition) is 2. The highest BCUT2D eigenvalue weighted by Gasteiger charge is 2.30. The largest absolute Gasteiger partial charge is 0.447 e. The van der Waals surface area contributed by atoms with Gasteiger partial charge in [-0.15, -0.1) is 0 Å². The summed E-state index contributed by atoms with van der Waals surface area (Å²) in [6.07, 6.45) is 3.17. The number of allylic oxidation sites excluding steroid dienone is 1. The van der Waals surface area contributed by atoms with Crippen LogP contribution in [0.25, 0.3) is 6.08 Å². The van der Waals surface area contributed by atoms with E-state index in [-0.39, 0.29) is 12.1 Å². The summed E-state index contributed by atoms with van der Waals surface area (Å²) in [6.45, 7) is 2.64. The van der Waals surface area contributed by atoms with E-state index in [9.17, 15) is 4.79 Å². The van der Waals surface area contributed by atoms with Crippen LogP contribution in [0, 0.1) is 0 Å². The van der Waals surface area contributed by atoms with Gasteiger partial charge in [-0.3, -0.25) is 0 Å². The highest BCUT2D eigenvalue weighted by atomic mass is 16.6. The molecule has 1 aliphatic heterocycles. The van der Waals surface area contributed by atoms with Gasteiger partial charge in [0.1, 0.15) is 6.61 Å². The van der Waals surface area contributed by atoms with E-state index >= 15 is 0 Å². The number of amides is 1. The van der Waals surface area contributed by atoms with E-state index < -0.39 is 0 Å². The van der Waals surface area contributed by atoms with Gasteiger partial charge >= 0.3 is 6.09 Å². The molecule has 1 heterocycles. The number of cyclic esters (lactones) is 1. The van der Waals surface area contributed by atoms with Gasteiger partial charge in [0, 0.05) is 7.05 Å². The highest BCUT2D eigenvalue weighted by Crippen LogP contribution is 2.25. The zero-order valence-corrected chi connectivity index (χ0v) is 13.5. The Balaban J connectivity index is 0.000000140. The number of fused-ring (bicyclic) bond motifs is 1. The Labute approximate surface area is 137 Å². The zero-order chi connectivity index (χ0) is 16.2. The van der Waals surface area contributed by atoms with Crippen LogP contribution in [-0.4, -0.2) is 24.6 Å². The normalized spacial score (nSPS) is 18.7. The maximum Gasteiger partial charge on any atom is 0.410 e. The molecule has 1 atom stereocenters. The maximum atomic E-state index is 11.1. The topological polar surface area (TPSA) is 29.5 Å². The molecule has 4 rings (SSSR count). The summed E-state index contributed by atoms with van der Waals surface area (Å²) in [6, 6.07) is 18.5. The van der Waals surface area contributed by atoms with Crippen LogP contribution in [-0.2, 0) is 11.2 Å². The lowest BCUT2D eigenvalue weighted by Crippen LogP contribution is -2.22. The molecule has 0 aromatic heterocycles. The number of likely N-dealkylation sites (N-methyl/N-ethyl adjacent to an activating group) is 1. The Hall–Kier alpha value is -2.55. The van der Waals surface area contributed by atoms with E-state index in [0.717, 1.165) is 12.0 Å². The minimum atomic E-state index is -0.242. The minimum Gasteiger partial charge on any atom is -0.447 e. The first-order chi connectivity index (χ1) is 11.1. The molecule has 0 spiro atoms. The third-order valence-electron chi connectivity index (χ3n) is 4.23. The summed E-state index contributed by atoms with van der Waals surface area (Å²) in [5.41, 5.74) is 5.47. The number of rotatable bonds is 1. The van der Waals surface area contributed by atoms with Gasteiger partial charge < -0.3 is 9.64 Å². The summed E-state index contributed by atoms with van der Waals surface area (Å²) in [5.74, 6) is 0. The monoisotopic (exact) mass is 307 g/mol. The fraction of sp³-hybridized carbons (Fsp3) is 0.250. The first-order valence-electron chi connectivity index (χ1n) is 7.85. The second kappa shape index (κ2) is 6.69. The lowest BCUT2D eigenvalue weighted by Gasteiger charge is -2.15. The van der Waals surface area contributed by atoms with Crippen molar-refractivity contribution in [3.05, 3.63) is 76.9 Å². The van der Waals surface area contributed by atoms with Crippen molar-refractivity contribution in [2.24, 2.45) is 0 Å². The third kappa shape index (κ3) is 3.45. The summed E-state index contributed by atoms with van der Waals surface area (Å²) in [7, 11) is 1.76. The van der Waals surface area contributed by atoms with Crippen molar-refractivity contribution in [3.8, 4) is 0 Å². The van der Waals surface area contributed by atoms with E-state index in [0.29, 0.717) is 6.61 Å². The van der Waals surface area contributed by atoms with Crippen molar-refractivity contribution < 1.29 is 9.53 Å². The van der Waals surface area contributed by atoms with Crippen molar-refractivity contribution in [2.45, 2.75) is 19.4 Å². The maximum absolute atomic E-state index is 11.1. The lowest BCUT2D eigenvalue weighted by molar-refractivity contribution is 0.163. The van der Waals surface area contributed by atoms with E-state index in [2.05, 4.69) is 37.3 Å². The Morgan fingerprint density at radius 1 is 1.04 bits per heavy atom. The van der Waals surface area contributed by atoms with Crippen LogP contribution in [0.5, 0.6) is 0 Å². The van der Waals surface area contributed by atoms with Crippen LogP contribution in [0.15, 0.2) is 60.2 Å². The first kappa shape index (κ1) is 15.3. The van der Waals surface area contributed by atoms with Gasteiger partial charge in [0.15, 0.2) is 0 Å². The number of carbonyl (C=O) groups excluding carboxylic acids is 1. The van der Waals surface area contributed by atoms with Gasteiger partial charge in [-0.1, -0.05) is 66.2 Å². The van der Waals surface area contributed by atoms with Crippen LogP contribution in [0.2, 0.25) is 0 Å². The quantitative estimate of drug-likeness (QED) is 0.778. The Bertz CT molecular complexity index is 721. The van der Waals surface area contributed by atoms with Crippen molar-refractivity contribution >= 4 is 12.2 Å². The summed E-state index contributed by atoms with van der Waals surface area (Å²) in [5, 5.41) is 0. The molecule has 23 heavy (non-hydrogen) atoms. The predicted octanol–water partition coefficient (Wildman–Crippen LogP) is 4.46. The van der Waals surface area contributed by atoms with Crippen LogP contribution in [0.1, 0.15) is 29.7 Å². The van der Waals surface area contributed by atoms with Crippen LogP contribution < -0.4 is 0 Å². The standard InChI is InChI=1S/C10H11NO2.C10H10/c1-11-9(7-13-10(11)12)8-5-3-2-4-6-8;1-8-6-9-4-2-3-5-10(9)7-8/h2-6,9H,7H2,1H3;2-6H,7H2,1H3. The number of hydrogen-bond donors (Lipinski definition) is 0. The zero-order valence-electron chi connectivity index (χ0n) is 13.5. The molecular weight excluding hydrogens is 286 g/mol.